The Hall–Kier alpha value is -1.81. The normalized spacial score (nSPS) is 11.8. The van der Waals surface area contributed by atoms with Gasteiger partial charge in [0, 0.05) is 10.2 Å². The van der Waals surface area contributed by atoms with Crippen LogP contribution in [-0.2, 0) is 16.0 Å². The third kappa shape index (κ3) is 3.64. The number of anilines is 1. The number of nitrogens with one attached hydrogen (secondary N) is 1. The fourth-order valence-corrected chi connectivity index (χ4v) is 2.65. The molecule has 0 saturated carbocycles. The smallest absolute Gasteiger partial charge is 0.332 e. The molecular formula is C17H18BrNO2. The Bertz CT molecular complexity index is 628. The summed E-state index contributed by atoms with van der Waals surface area (Å²) in [4.78, 5) is 12.2. The quantitative estimate of drug-likeness (QED) is 0.817. The van der Waals surface area contributed by atoms with E-state index in [1.54, 1.807) is 0 Å². The number of esters is 1. The lowest BCUT2D eigenvalue weighted by Gasteiger charge is -2.21. The molecule has 2 rings (SSSR count). The van der Waals surface area contributed by atoms with Gasteiger partial charge in [0.05, 0.1) is 7.11 Å². The van der Waals surface area contributed by atoms with E-state index in [1.165, 1.54) is 7.11 Å². The number of ether oxygens (including phenoxy) is 1. The van der Waals surface area contributed by atoms with Crippen molar-refractivity contribution in [1.82, 2.24) is 0 Å². The second-order valence-corrected chi connectivity index (χ2v) is 5.49. The first kappa shape index (κ1) is 15.6. The van der Waals surface area contributed by atoms with Gasteiger partial charge in [0.15, 0.2) is 6.04 Å². The van der Waals surface area contributed by atoms with E-state index < -0.39 is 6.04 Å². The van der Waals surface area contributed by atoms with Gasteiger partial charge in [-0.15, -0.1) is 0 Å². The van der Waals surface area contributed by atoms with Gasteiger partial charge in [-0.25, -0.2) is 4.79 Å². The Morgan fingerprint density at radius 3 is 2.52 bits per heavy atom. The van der Waals surface area contributed by atoms with Gasteiger partial charge < -0.3 is 10.1 Å². The molecule has 0 heterocycles. The molecule has 0 aliphatic rings. The zero-order chi connectivity index (χ0) is 15.2. The number of carbonyl (C=O) groups is 1. The molecule has 1 N–H and O–H groups in total. The van der Waals surface area contributed by atoms with Gasteiger partial charge >= 0.3 is 5.97 Å². The summed E-state index contributed by atoms with van der Waals surface area (Å²) in [7, 11) is 1.41. The highest BCUT2D eigenvalue weighted by molar-refractivity contribution is 9.10. The predicted molar refractivity (Wildman–Crippen MR) is 88.3 cm³/mol. The maximum atomic E-state index is 12.2. The summed E-state index contributed by atoms with van der Waals surface area (Å²) < 4.78 is 5.87. The average molecular weight is 348 g/mol. The largest absolute Gasteiger partial charge is 0.467 e. The van der Waals surface area contributed by atoms with Crippen molar-refractivity contribution < 1.29 is 9.53 Å². The molecule has 2 aromatic rings. The van der Waals surface area contributed by atoms with Crippen LogP contribution in [0.1, 0.15) is 24.1 Å². The lowest BCUT2D eigenvalue weighted by Crippen LogP contribution is -2.23. The van der Waals surface area contributed by atoms with Crippen LogP contribution in [-0.4, -0.2) is 13.1 Å². The lowest BCUT2D eigenvalue weighted by molar-refractivity contribution is -0.141. The molecule has 0 aliphatic carbocycles. The summed E-state index contributed by atoms with van der Waals surface area (Å²) in [6.07, 6.45) is 0.862. The highest BCUT2D eigenvalue weighted by atomic mass is 79.9. The SMILES string of the molecule is CCc1ccccc1C(Nc1ccccc1Br)C(=O)OC. The van der Waals surface area contributed by atoms with Gasteiger partial charge in [0.2, 0.25) is 0 Å². The van der Waals surface area contributed by atoms with Gasteiger partial charge in [-0.1, -0.05) is 43.3 Å². The van der Waals surface area contributed by atoms with Crippen molar-refractivity contribution in [1.29, 1.82) is 0 Å². The van der Waals surface area contributed by atoms with Crippen LogP contribution in [0.25, 0.3) is 0 Å². The molecule has 0 aromatic heterocycles. The first-order valence-corrected chi connectivity index (χ1v) is 7.63. The lowest BCUT2D eigenvalue weighted by atomic mass is 9.98. The second kappa shape index (κ2) is 7.27. The molecule has 0 radical (unpaired) electrons. The van der Waals surface area contributed by atoms with E-state index in [9.17, 15) is 4.79 Å². The molecule has 0 spiro atoms. The van der Waals surface area contributed by atoms with Crippen LogP contribution in [0, 0.1) is 0 Å². The summed E-state index contributed by atoms with van der Waals surface area (Å²) in [5, 5.41) is 3.27. The van der Waals surface area contributed by atoms with Crippen LogP contribution >= 0.6 is 15.9 Å². The number of rotatable bonds is 5. The minimum Gasteiger partial charge on any atom is -0.467 e. The fraction of sp³-hybridized carbons (Fsp3) is 0.235. The Morgan fingerprint density at radius 2 is 1.86 bits per heavy atom. The molecule has 2 aromatic carbocycles. The first-order valence-electron chi connectivity index (χ1n) is 6.84. The summed E-state index contributed by atoms with van der Waals surface area (Å²) in [5.74, 6) is -0.299. The van der Waals surface area contributed by atoms with Crippen molar-refractivity contribution >= 4 is 27.6 Å². The molecule has 4 heteroatoms. The number of benzene rings is 2. The number of methoxy groups -OCH3 is 1. The number of hydrogen-bond acceptors (Lipinski definition) is 3. The molecule has 1 unspecified atom stereocenters. The van der Waals surface area contributed by atoms with Crippen LogP contribution in [0.15, 0.2) is 53.0 Å². The standard InChI is InChI=1S/C17H18BrNO2/c1-3-12-8-4-5-9-13(12)16(17(20)21-2)19-15-11-7-6-10-14(15)18/h4-11,16,19H,3H2,1-2H3. The summed E-state index contributed by atoms with van der Waals surface area (Å²) in [5.41, 5.74) is 2.94. The summed E-state index contributed by atoms with van der Waals surface area (Å²) in [6, 6.07) is 15.1. The van der Waals surface area contributed by atoms with Crippen LogP contribution in [0.3, 0.4) is 0 Å². The average Bonchev–Trinajstić information content (AvgIpc) is 2.53. The van der Waals surface area contributed by atoms with Crippen LogP contribution in [0.2, 0.25) is 0 Å². The molecule has 3 nitrogen and oxygen atoms in total. The zero-order valence-corrected chi connectivity index (χ0v) is 13.7. The van der Waals surface area contributed by atoms with Crippen LogP contribution in [0.5, 0.6) is 0 Å². The molecule has 0 fully saturated rings. The van der Waals surface area contributed by atoms with Crippen LogP contribution < -0.4 is 5.32 Å². The Balaban J connectivity index is 2.40. The molecule has 21 heavy (non-hydrogen) atoms. The highest BCUT2D eigenvalue weighted by Crippen LogP contribution is 2.28. The van der Waals surface area contributed by atoms with E-state index in [1.807, 2.05) is 48.5 Å². The third-order valence-corrected chi connectivity index (χ3v) is 4.05. The number of halogens is 1. The van der Waals surface area contributed by atoms with E-state index in [0.717, 1.165) is 27.7 Å². The fourth-order valence-electron chi connectivity index (χ4n) is 2.25. The summed E-state index contributed by atoms with van der Waals surface area (Å²) >= 11 is 3.49. The van der Waals surface area contributed by atoms with Crippen molar-refractivity contribution in [2.75, 3.05) is 12.4 Å². The second-order valence-electron chi connectivity index (χ2n) is 4.63. The van der Waals surface area contributed by atoms with Crippen molar-refractivity contribution in [2.24, 2.45) is 0 Å². The number of hydrogen-bond donors (Lipinski definition) is 1. The summed E-state index contributed by atoms with van der Waals surface area (Å²) in [6.45, 7) is 2.08. The van der Waals surface area contributed by atoms with Gasteiger partial charge in [0.1, 0.15) is 0 Å². The van der Waals surface area contributed by atoms with E-state index >= 15 is 0 Å². The van der Waals surface area contributed by atoms with Gasteiger partial charge in [0.25, 0.3) is 0 Å². The maximum Gasteiger partial charge on any atom is 0.332 e. The molecule has 0 bridgehead atoms. The Kier molecular flexibility index (Phi) is 5.39. The number of para-hydroxylation sites is 1. The van der Waals surface area contributed by atoms with Gasteiger partial charge in [-0.2, -0.15) is 0 Å². The first-order chi connectivity index (χ1) is 10.2. The van der Waals surface area contributed by atoms with Gasteiger partial charge in [-0.3, -0.25) is 0 Å². The predicted octanol–water partition coefficient (Wildman–Crippen LogP) is 4.34. The number of aryl methyl sites for hydroxylation is 1. The molecule has 110 valence electrons. The van der Waals surface area contributed by atoms with E-state index in [-0.39, 0.29) is 5.97 Å². The maximum absolute atomic E-state index is 12.2. The van der Waals surface area contributed by atoms with Crippen molar-refractivity contribution in [3.8, 4) is 0 Å². The molecule has 0 aliphatic heterocycles. The monoisotopic (exact) mass is 347 g/mol. The Labute approximate surface area is 133 Å². The van der Waals surface area contributed by atoms with E-state index in [4.69, 9.17) is 4.74 Å². The zero-order valence-electron chi connectivity index (χ0n) is 12.1. The van der Waals surface area contributed by atoms with E-state index in [2.05, 4.69) is 28.2 Å². The molecule has 0 amide bonds. The molecule has 0 saturated heterocycles. The van der Waals surface area contributed by atoms with Crippen molar-refractivity contribution in [3.63, 3.8) is 0 Å². The van der Waals surface area contributed by atoms with Crippen molar-refractivity contribution in [3.05, 3.63) is 64.1 Å². The molecule has 1 atom stereocenters. The van der Waals surface area contributed by atoms with E-state index in [0.29, 0.717) is 0 Å². The number of carbonyl (C=O) groups excluding carboxylic acids is 1. The molecular weight excluding hydrogens is 330 g/mol. The topological polar surface area (TPSA) is 38.3 Å². The highest BCUT2D eigenvalue weighted by Gasteiger charge is 2.23. The van der Waals surface area contributed by atoms with Gasteiger partial charge in [-0.05, 0) is 45.6 Å². The minimum absolute atomic E-state index is 0.299. The van der Waals surface area contributed by atoms with Crippen LogP contribution in [0.4, 0.5) is 5.69 Å². The minimum atomic E-state index is -0.523. The van der Waals surface area contributed by atoms with Crippen molar-refractivity contribution in [2.45, 2.75) is 19.4 Å². The Morgan fingerprint density at radius 1 is 1.19 bits per heavy atom. The third-order valence-electron chi connectivity index (χ3n) is 3.36.